The summed E-state index contributed by atoms with van der Waals surface area (Å²) in [5.74, 6) is -0.216. The quantitative estimate of drug-likeness (QED) is 0.641. The van der Waals surface area contributed by atoms with Crippen molar-refractivity contribution in [2.75, 3.05) is 7.11 Å². The van der Waals surface area contributed by atoms with E-state index in [1.165, 1.54) is 0 Å². The van der Waals surface area contributed by atoms with Crippen LogP contribution in [0.5, 0.6) is 5.75 Å². The number of nitrogens with one attached hydrogen (secondary N) is 3. The van der Waals surface area contributed by atoms with Crippen LogP contribution in [0.2, 0.25) is 0 Å². The summed E-state index contributed by atoms with van der Waals surface area (Å²) in [6, 6.07) is 12.0. The molecule has 0 saturated carbocycles. The Hall–Kier alpha value is -3.35. The maximum absolute atomic E-state index is 12.1. The summed E-state index contributed by atoms with van der Waals surface area (Å²) in [5, 5.41) is 0.858. The Labute approximate surface area is 131 Å². The van der Waals surface area contributed by atoms with Crippen molar-refractivity contribution in [3.63, 3.8) is 0 Å². The minimum atomic E-state index is -0.498. The highest BCUT2D eigenvalue weighted by Gasteiger charge is 2.11. The molecule has 0 aliphatic heterocycles. The van der Waals surface area contributed by atoms with E-state index >= 15 is 0 Å². The molecule has 0 saturated heterocycles. The van der Waals surface area contributed by atoms with Crippen LogP contribution in [0.25, 0.3) is 10.9 Å². The molecular weight excluding hydrogens is 296 g/mol. The molecule has 2 amide bonds. The molecule has 0 fully saturated rings. The maximum atomic E-state index is 12.1. The first kappa shape index (κ1) is 14.6. The van der Waals surface area contributed by atoms with Crippen LogP contribution in [0.15, 0.2) is 48.7 Å². The van der Waals surface area contributed by atoms with Gasteiger partial charge >= 0.3 is 0 Å². The van der Waals surface area contributed by atoms with Crippen molar-refractivity contribution in [2.24, 2.45) is 0 Å². The van der Waals surface area contributed by atoms with E-state index in [4.69, 9.17) is 4.74 Å². The lowest BCUT2D eigenvalue weighted by atomic mass is 10.2. The number of nitrogens with zero attached hydrogens (tertiary/aromatic N) is 1. The molecule has 7 heteroatoms. The predicted octanol–water partition coefficient (Wildman–Crippen LogP) is 1.65. The van der Waals surface area contributed by atoms with E-state index in [0.717, 1.165) is 11.1 Å². The average molecular weight is 310 g/mol. The first-order valence-electron chi connectivity index (χ1n) is 6.86. The minimum Gasteiger partial charge on any atom is -0.497 e. The average Bonchev–Trinajstić information content (AvgIpc) is 3.13. The van der Waals surface area contributed by atoms with Crippen LogP contribution in [-0.4, -0.2) is 28.9 Å². The Morgan fingerprint density at radius 1 is 1.09 bits per heavy atom. The topological polar surface area (TPSA) is 96.1 Å². The Balaban J connectivity index is 1.72. The number of amides is 2. The predicted molar refractivity (Wildman–Crippen MR) is 84.0 cm³/mol. The fourth-order valence-corrected chi connectivity index (χ4v) is 2.07. The van der Waals surface area contributed by atoms with Crippen molar-refractivity contribution in [3.05, 3.63) is 60.0 Å². The molecule has 0 atom stereocenters. The fraction of sp³-hybridized carbons (Fsp3) is 0.0625. The number of hydrogen-bond acceptors (Lipinski definition) is 4. The second-order valence-electron chi connectivity index (χ2n) is 4.75. The number of hydrazine groups is 1. The smallest absolute Gasteiger partial charge is 0.288 e. The Morgan fingerprint density at radius 2 is 1.91 bits per heavy atom. The molecule has 2 heterocycles. The highest BCUT2D eigenvalue weighted by molar-refractivity contribution is 5.98. The third kappa shape index (κ3) is 3.13. The monoisotopic (exact) mass is 310 g/mol. The summed E-state index contributed by atoms with van der Waals surface area (Å²) in [7, 11) is 1.59. The zero-order chi connectivity index (χ0) is 16.2. The fourth-order valence-electron chi connectivity index (χ4n) is 2.07. The highest BCUT2D eigenvalue weighted by Crippen LogP contribution is 2.19. The zero-order valence-corrected chi connectivity index (χ0v) is 12.3. The lowest BCUT2D eigenvalue weighted by Gasteiger charge is -2.07. The number of ether oxygens (including phenoxy) is 1. The number of H-pyrrole nitrogens is 1. The molecule has 0 aliphatic rings. The summed E-state index contributed by atoms with van der Waals surface area (Å²) in [4.78, 5) is 30.8. The minimum absolute atomic E-state index is 0.203. The third-order valence-corrected chi connectivity index (χ3v) is 3.26. The van der Waals surface area contributed by atoms with Gasteiger partial charge in [-0.3, -0.25) is 20.4 Å². The van der Waals surface area contributed by atoms with E-state index in [-0.39, 0.29) is 5.69 Å². The summed E-state index contributed by atoms with van der Waals surface area (Å²) in [6.45, 7) is 0. The number of rotatable bonds is 3. The normalized spacial score (nSPS) is 10.3. The number of methoxy groups -OCH3 is 1. The summed E-state index contributed by atoms with van der Waals surface area (Å²) < 4.78 is 5.14. The molecule has 23 heavy (non-hydrogen) atoms. The zero-order valence-electron chi connectivity index (χ0n) is 12.3. The first-order chi connectivity index (χ1) is 11.2. The maximum Gasteiger partial charge on any atom is 0.288 e. The number of carbonyl (C=O) groups is 2. The summed E-state index contributed by atoms with van der Waals surface area (Å²) >= 11 is 0. The van der Waals surface area contributed by atoms with Crippen molar-refractivity contribution >= 4 is 22.7 Å². The number of aromatic nitrogens is 2. The van der Waals surface area contributed by atoms with Gasteiger partial charge in [-0.2, -0.15) is 0 Å². The molecular formula is C16H14N4O3. The van der Waals surface area contributed by atoms with Crippen LogP contribution in [0, 0.1) is 0 Å². The van der Waals surface area contributed by atoms with Gasteiger partial charge < -0.3 is 9.72 Å². The van der Waals surface area contributed by atoms with Gasteiger partial charge in [-0.25, -0.2) is 4.98 Å². The van der Waals surface area contributed by atoms with Crippen molar-refractivity contribution in [2.45, 2.75) is 0 Å². The van der Waals surface area contributed by atoms with Crippen LogP contribution < -0.4 is 15.6 Å². The highest BCUT2D eigenvalue weighted by atomic mass is 16.5. The molecule has 3 aromatic rings. The number of fused-ring (bicyclic) bond motifs is 1. The van der Waals surface area contributed by atoms with Gasteiger partial charge in [-0.1, -0.05) is 6.07 Å². The molecule has 116 valence electrons. The van der Waals surface area contributed by atoms with E-state index in [2.05, 4.69) is 20.8 Å². The molecule has 3 N–H and O–H groups in total. The van der Waals surface area contributed by atoms with Gasteiger partial charge in [0.1, 0.15) is 17.1 Å². The van der Waals surface area contributed by atoms with E-state index in [9.17, 15) is 9.59 Å². The Kier molecular flexibility index (Phi) is 3.92. The van der Waals surface area contributed by atoms with Gasteiger partial charge in [0.25, 0.3) is 11.8 Å². The van der Waals surface area contributed by atoms with Crippen molar-refractivity contribution in [3.8, 4) is 5.75 Å². The number of aromatic amines is 1. The Morgan fingerprint density at radius 3 is 2.65 bits per heavy atom. The van der Waals surface area contributed by atoms with Crippen LogP contribution in [0.4, 0.5) is 0 Å². The van der Waals surface area contributed by atoms with Gasteiger partial charge in [0, 0.05) is 11.6 Å². The Bertz CT molecular complexity index is 859. The summed E-state index contributed by atoms with van der Waals surface area (Å²) in [5.41, 5.74) is 5.86. The van der Waals surface area contributed by atoms with Gasteiger partial charge in [-0.05, 0) is 36.4 Å². The van der Waals surface area contributed by atoms with Crippen LogP contribution in [0.1, 0.15) is 21.0 Å². The van der Waals surface area contributed by atoms with Gasteiger partial charge in [0.2, 0.25) is 0 Å². The van der Waals surface area contributed by atoms with Gasteiger partial charge in [-0.15, -0.1) is 0 Å². The van der Waals surface area contributed by atoms with E-state index in [1.807, 2.05) is 6.07 Å². The molecule has 0 unspecified atom stereocenters. The second-order valence-corrected chi connectivity index (χ2v) is 4.75. The molecule has 0 aliphatic carbocycles. The van der Waals surface area contributed by atoms with E-state index < -0.39 is 11.8 Å². The second kappa shape index (κ2) is 6.18. The molecule has 0 spiro atoms. The number of benzene rings is 1. The molecule has 0 bridgehead atoms. The number of hydrogen-bond donors (Lipinski definition) is 3. The number of pyridine rings is 1. The van der Waals surface area contributed by atoms with E-state index in [0.29, 0.717) is 11.2 Å². The third-order valence-electron chi connectivity index (χ3n) is 3.26. The first-order valence-corrected chi connectivity index (χ1v) is 6.86. The van der Waals surface area contributed by atoms with Crippen molar-refractivity contribution < 1.29 is 14.3 Å². The van der Waals surface area contributed by atoms with Gasteiger partial charge in [0.15, 0.2) is 0 Å². The molecule has 2 aromatic heterocycles. The SMILES string of the molecule is COc1ccc2nc(C(=O)NNC(=O)c3ccc[nH]3)ccc2c1. The van der Waals surface area contributed by atoms with Gasteiger partial charge in [0.05, 0.1) is 12.6 Å². The van der Waals surface area contributed by atoms with Crippen LogP contribution in [-0.2, 0) is 0 Å². The molecule has 7 nitrogen and oxygen atoms in total. The molecule has 3 rings (SSSR count). The van der Waals surface area contributed by atoms with Crippen molar-refractivity contribution in [1.29, 1.82) is 0 Å². The lowest BCUT2D eigenvalue weighted by Crippen LogP contribution is -2.42. The molecule has 1 aromatic carbocycles. The molecule has 0 radical (unpaired) electrons. The van der Waals surface area contributed by atoms with Crippen molar-refractivity contribution in [1.82, 2.24) is 20.8 Å². The summed E-state index contributed by atoms with van der Waals surface area (Å²) in [6.07, 6.45) is 1.62. The van der Waals surface area contributed by atoms with Crippen LogP contribution >= 0.6 is 0 Å². The van der Waals surface area contributed by atoms with E-state index in [1.54, 1.807) is 49.7 Å². The standard InChI is InChI=1S/C16H14N4O3/c1-23-11-5-7-12-10(9-11)4-6-14(18-12)16(22)20-19-15(21)13-3-2-8-17-13/h2-9,17H,1H3,(H,19,21)(H,20,22). The number of carbonyl (C=O) groups excluding carboxylic acids is 2. The lowest BCUT2D eigenvalue weighted by molar-refractivity contribution is 0.0842. The van der Waals surface area contributed by atoms with Crippen LogP contribution in [0.3, 0.4) is 0 Å². The largest absolute Gasteiger partial charge is 0.497 e.